The molecule has 3 nitrogen and oxygen atoms in total. The topological polar surface area (TPSA) is 56.0 Å². The van der Waals surface area contributed by atoms with Gasteiger partial charge in [-0.05, 0) is 36.6 Å². The van der Waals surface area contributed by atoms with Gasteiger partial charge in [-0.25, -0.2) is 4.39 Å². The second-order valence-corrected chi connectivity index (χ2v) is 5.91. The number of fused-ring (bicyclic) bond motifs is 1. The van der Waals surface area contributed by atoms with Crippen LogP contribution in [0.15, 0.2) is 48.5 Å². The van der Waals surface area contributed by atoms with E-state index in [4.69, 9.17) is 5.73 Å². The number of benzene rings is 2. The van der Waals surface area contributed by atoms with Crippen LogP contribution in [0.4, 0.5) is 4.39 Å². The number of carbonyl (C=O) groups is 1. The van der Waals surface area contributed by atoms with Crippen molar-refractivity contribution in [3.63, 3.8) is 0 Å². The Morgan fingerprint density at radius 1 is 1.08 bits per heavy atom. The van der Waals surface area contributed by atoms with Gasteiger partial charge in [0.1, 0.15) is 5.82 Å². The largest absolute Gasteiger partial charge is 0.366 e. The lowest BCUT2D eigenvalue weighted by Crippen LogP contribution is -2.16. The quantitative estimate of drug-likeness (QED) is 0.728. The minimum Gasteiger partial charge on any atom is -0.366 e. The van der Waals surface area contributed by atoms with Crippen LogP contribution in [0, 0.1) is 5.82 Å². The molecule has 1 aliphatic carbocycles. The zero-order valence-corrected chi connectivity index (χ0v) is 14.4. The van der Waals surface area contributed by atoms with E-state index >= 15 is 0 Å². The molecule has 4 heteroatoms. The van der Waals surface area contributed by atoms with E-state index in [0.29, 0.717) is 11.5 Å². The first kappa shape index (κ1) is 17.1. The Balaban J connectivity index is 0.000000880. The van der Waals surface area contributed by atoms with Crippen LogP contribution in [-0.2, 0) is 0 Å². The first-order valence-corrected chi connectivity index (χ1v) is 8.63. The normalized spacial score (nSPS) is 13.2. The van der Waals surface area contributed by atoms with Gasteiger partial charge in [-0.3, -0.25) is 9.78 Å². The number of nitrogens with two attached hydrogens (primary N) is 1. The Bertz CT molecular complexity index is 915. The molecule has 1 fully saturated rings. The van der Waals surface area contributed by atoms with Gasteiger partial charge in [0.2, 0.25) is 0 Å². The molecule has 4 rings (SSSR count). The van der Waals surface area contributed by atoms with Crippen molar-refractivity contribution in [1.29, 1.82) is 0 Å². The van der Waals surface area contributed by atoms with Crippen LogP contribution in [0.25, 0.3) is 22.0 Å². The molecule has 1 aromatic heterocycles. The fourth-order valence-corrected chi connectivity index (χ4v) is 3.05. The monoisotopic (exact) mass is 336 g/mol. The lowest BCUT2D eigenvalue weighted by Gasteiger charge is -2.15. The predicted octanol–water partition coefficient (Wildman–Crippen LogP) is 5.04. The van der Waals surface area contributed by atoms with Gasteiger partial charge < -0.3 is 5.73 Å². The Labute approximate surface area is 146 Å². The zero-order chi connectivity index (χ0) is 18.0. The maximum Gasteiger partial charge on any atom is 0.251 e. The molecule has 1 saturated carbocycles. The Kier molecular flexibility index (Phi) is 4.79. The average molecular weight is 336 g/mol. The van der Waals surface area contributed by atoms with Crippen LogP contribution < -0.4 is 5.73 Å². The minimum atomic E-state index is -0.482. The fourth-order valence-electron chi connectivity index (χ4n) is 3.05. The van der Waals surface area contributed by atoms with E-state index in [9.17, 15) is 9.18 Å². The summed E-state index contributed by atoms with van der Waals surface area (Å²) in [6.45, 7) is 4.00. The molecule has 1 heterocycles. The number of hydrogen-bond acceptors (Lipinski definition) is 2. The van der Waals surface area contributed by atoms with E-state index in [1.165, 1.54) is 12.1 Å². The minimum absolute atomic E-state index is 0.293. The summed E-state index contributed by atoms with van der Waals surface area (Å²) in [6, 6.07) is 13.8. The number of primary amides is 1. The van der Waals surface area contributed by atoms with Crippen molar-refractivity contribution in [2.45, 2.75) is 32.6 Å². The van der Waals surface area contributed by atoms with Crippen molar-refractivity contribution >= 4 is 16.8 Å². The number of amides is 1. The van der Waals surface area contributed by atoms with Crippen LogP contribution in [-0.4, -0.2) is 10.9 Å². The maximum atomic E-state index is 13.3. The van der Waals surface area contributed by atoms with Gasteiger partial charge in [0.25, 0.3) is 5.91 Å². The summed E-state index contributed by atoms with van der Waals surface area (Å²) in [6.07, 6.45) is 2.04. The lowest BCUT2D eigenvalue weighted by molar-refractivity contribution is 0.0999. The van der Waals surface area contributed by atoms with Crippen LogP contribution >= 0.6 is 0 Å². The molecule has 0 spiro atoms. The summed E-state index contributed by atoms with van der Waals surface area (Å²) >= 11 is 0. The summed E-state index contributed by atoms with van der Waals surface area (Å²) in [7, 11) is 0. The number of hydrogen-bond donors (Lipinski definition) is 1. The van der Waals surface area contributed by atoms with E-state index < -0.39 is 5.91 Å². The number of pyridine rings is 1. The summed E-state index contributed by atoms with van der Waals surface area (Å²) in [5, 5.41) is 0.859. The van der Waals surface area contributed by atoms with Crippen molar-refractivity contribution in [3.05, 3.63) is 65.6 Å². The van der Waals surface area contributed by atoms with Gasteiger partial charge in [-0.1, -0.05) is 44.2 Å². The van der Waals surface area contributed by atoms with E-state index in [0.717, 1.165) is 40.6 Å². The Morgan fingerprint density at radius 3 is 2.32 bits per heavy atom. The molecule has 1 amide bonds. The van der Waals surface area contributed by atoms with Crippen molar-refractivity contribution in [2.75, 3.05) is 0 Å². The van der Waals surface area contributed by atoms with Crippen molar-refractivity contribution in [1.82, 2.24) is 4.98 Å². The third-order valence-electron chi connectivity index (χ3n) is 4.26. The third-order valence-corrected chi connectivity index (χ3v) is 4.26. The smallest absolute Gasteiger partial charge is 0.251 e. The standard InChI is InChI=1S/C19H15FN2O.C2H6/c20-13-9-7-11(8-10-13)16-14-3-1-2-4-15(14)22-18(12-5-6-12)17(16)19(21)23;1-2/h1-4,7-10,12H,5-6H2,(H2,21,23);1-2H3. The van der Waals surface area contributed by atoms with Gasteiger partial charge in [-0.15, -0.1) is 0 Å². The van der Waals surface area contributed by atoms with Gasteiger partial charge in [0.05, 0.1) is 16.8 Å². The molecule has 2 N–H and O–H groups in total. The van der Waals surface area contributed by atoms with Crippen molar-refractivity contribution in [3.8, 4) is 11.1 Å². The maximum absolute atomic E-state index is 13.3. The summed E-state index contributed by atoms with van der Waals surface area (Å²) in [5.74, 6) is -0.499. The third kappa shape index (κ3) is 3.25. The Hall–Kier alpha value is -2.75. The molecule has 0 aliphatic heterocycles. The highest BCUT2D eigenvalue weighted by atomic mass is 19.1. The lowest BCUT2D eigenvalue weighted by atomic mass is 9.92. The molecular formula is C21H21FN2O. The van der Waals surface area contributed by atoms with Crippen LogP contribution in [0.1, 0.15) is 48.7 Å². The number of aromatic nitrogens is 1. The van der Waals surface area contributed by atoms with Crippen LogP contribution in [0.2, 0.25) is 0 Å². The highest BCUT2D eigenvalue weighted by Crippen LogP contribution is 2.44. The fraction of sp³-hybridized carbons (Fsp3) is 0.238. The molecule has 0 bridgehead atoms. The molecule has 128 valence electrons. The number of halogens is 1. The number of nitrogens with zero attached hydrogens (tertiary/aromatic N) is 1. The molecule has 3 aromatic rings. The van der Waals surface area contributed by atoms with Gasteiger partial charge in [0, 0.05) is 16.9 Å². The molecular weight excluding hydrogens is 315 g/mol. The van der Waals surface area contributed by atoms with Crippen LogP contribution in [0.5, 0.6) is 0 Å². The molecule has 0 radical (unpaired) electrons. The Morgan fingerprint density at radius 2 is 1.72 bits per heavy atom. The van der Waals surface area contributed by atoms with E-state index in [-0.39, 0.29) is 5.82 Å². The van der Waals surface area contributed by atoms with E-state index in [1.54, 1.807) is 12.1 Å². The number of para-hydroxylation sites is 1. The van der Waals surface area contributed by atoms with Gasteiger partial charge in [0.15, 0.2) is 0 Å². The van der Waals surface area contributed by atoms with Crippen molar-refractivity contribution < 1.29 is 9.18 Å². The summed E-state index contributed by atoms with van der Waals surface area (Å²) in [5.41, 5.74) is 9.30. The number of carbonyl (C=O) groups excluding carboxylic acids is 1. The molecule has 2 aromatic carbocycles. The molecule has 0 unspecified atom stereocenters. The highest BCUT2D eigenvalue weighted by Gasteiger charge is 2.32. The molecule has 25 heavy (non-hydrogen) atoms. The average Bonchev–Trinajstić information content (AvgIpc) is 3.47. The zero-order valence-electron chi connectivity index (χ0n) is 14.4. The molecule has 0 atom stereocenters. The highest BCUT2D eigenvalue weighted by molar-refractivity contribution is 6.09. The van der Waals surface area contributed by atoms with E-state index in [1.807, 2.05) is 38.1 Å². The summed E-state index contributed by atoms with van der Waals surface area (Å²) in [4.78, 5) is 16.9. The molecule has 0 saturated heterocycles. The summed E-state index contributed by atoms with van der Waals surface area (Å²) < 4.78 is 13.3. The van der Waals surface area contributed by atoms with E-state index in [2.05, 4.69) is 4.98 Å². The van der Waals surface area contributed by atoms with Crippen LogP contribution in [0.3, 0.4) is 0 Å². The van der Waals surface area contributed by atoms with Gasteiger partial charge >= 0.3 is 0 Å². The second kappa shape index (κ2) is 7.01. The predicted molar refractivity (Wildman–Crippen MR) is 99.0 cm³/mol. The second-order valence-electron chi connectivity index (χ2n) is 5.91. The molecule has 1 aliphatic rings. The van der Waals surface area contributed by atoms with Gasteiger partial charge in [-0.2, -0.15) is 0 Å². The SMILES string of the molecule is CC.NC(=O)c1c(C2CC2)nc2ccccc2c1-c1ccc(F)cc1. The first-order chi connectivity index (χ1) is 12.1. The van der Waals surface area contributed by atoms with Crippen molar-refractivity contribution in [2.24, 2.45) is 5.73 Å². The number of rotatable bonds is 3. The first-order valence-electron chi connectivity index (χ1n) is 8.63.